The summed E-state index contributed by atoms with van der Waals surface area (Å²) in [5, 5.41) is 11.9. The first-order chi connectivity index (χ1) is 14.1. The molecular formula is C22H21FN4O2. The van der Waals surface area contributed by atoms with E-state index < -0.39 is 11.7 Å². The van der Waals surface area contributed by atoms with Gasteiger partial charge in [0.05, 0.1) is 19.2 Å². The van der Waals surface area contributed by atoms with E-state index >= 15 is 0 Å². The molecule has 0 fully saturated rings. The molecule has 6 nitrogen and oxygen atoms in total. The van der Waals surface area contributed by atoms with E-state index in [1.807, 2.05) is 24.3 Å². The second-order valence-corrected chi connectivity index (χ2v) is 6.99. The van der Waals surface area contributed by atoms with Crippen molar-refractivity contribution >= 4 is 17.4 Å². The molecule has 0 spiro atoms. The third kappa shape index (κ3) is 3.76. The maximum Gasteiger partial charge on any atom is 0.221 e. The van der Waals surface area contributed by atoms with E-state index in [9.17, 15) is 9.18 Å². The summed E-state index contributed by atoms with van der Waals surface area (Å²) >= 11 is 0. The second-order valence-electron chi connectivity index (χ2n) is 6.99. The fourth-order valence-electron chi connectivity index (χ4n) is 3.74. The van der Waals surface area contributed by atoms with Crippen LogP contribution in [-0.2, 0) is 24.1 Å². The van der Waals surface area contributed by atoms with Crippen molar-refractivity contribution in [3.8, 4) is 17.0 Å². The average molecular weight is 392 g/mol. The first kappa shape index (κ1) is 18.9. The monoisotopic (exact) mass is 392 g/mol. The van der Waals surface area contributed by atoms with E-state index in [-0.39, 0.29) is 12.1 Å². The summed E-state index contributed by atoms with van der Waals surface area (Å²) in [4.78, 5) is 11.0. The van der Waals surface area contributed by atoms with Gasteiger partial charge in [0.25, 0.3) is 0 Å². The summed E-state index contributed by atoms with van der Waals surface area (Å²) in [5.74, 6) is 0.331. The lowest BCUT2D eigenvalue weighted by atomic mass is 10.0. The zero-order chi connectivity index (χ0) is 20.4. The summed E-state index contributed by atoms with van der Waals surface area (Å²) in [7, 11) is 1.63. The van der Waals surface area contributed by atoms with Crippen LogP contribution in [0.15, 0.2) is 42.5 Å². The van der Waals surface area contributed by atoms with Crippen LogP contribution >= 0.6 is 0 Å². The van der Waals surface area contributed by atoms with Gasteiger partial charge in [-0.1, -0.05) is 18.2 Å². The standard InChI is InChI=1S/C22H21FN4O2/c1-29-19-8-3-2-5-16(19)21-14-6-4-7-15(14)22(27-26-21)25-18-10-9-13(11-17(18)23)12-20(24)28/h2-3,5,8-11H,4,6-7,12H2,1H3,(H2,24,28)(H,25,27). The maximum absolute atomic E-state index is 14.5. The zero-order valence-electron chi connectivity index (χ0n) is 16.0. The van der Waals surface area contributed by atoms with Crippen molar-refractivity contribution in [1.82, 2.24) is 10.2 Å². The Morgan fingerprint density at radius 1 is 1.17 bits per heavy atom. The number of carbonyl (C=O) groups is 1. The molecule has 7 heteroatoms. The van der Waals surface area contributed by atoms with Crippen molar-refractivity contribution < 1.29 is 13.9 Å². The molecule has 1 heterocycles. The number of nitrogens with two attached hydrogens (primary N) is 1. The van der Waals surface area contributed by atoms with Crippen LogP contribution in [0.5, 0.6) is 5.75 Å². The number of ether oxygens (including phenoxy) is 1. The Hall–Kier alpha value is -3.48. The molecule has 0 bridgehead atoms. The van der Waals surface area contributed by atoms with Crippen molar-refractivity contribution in [2.24, 2.45) is 5.73 Å². The van der Waals surface area contributed by atoms with Gasteiger partial charge in [0.1, 0.15) is 17.3 Å². The van der Waals surface area contributed by atoms with Crippen LogP contribution in [-0.4, -0.2) is 23.2 Å². The predicted molar refractivity (Wildman–Crippen MR) is 109 cm³/mol. The molecule has 1 aliphatic rings. The SMILES string of the molecule is COc1ccccc1-c1nnc(Nc2ccc(CC(N)=O)cc2F)c2c1CCC2. The third-order valence-electron chi connectivity index (χ3n) is 5.07. The number of primary amides is 1. The Kier molecular flexibility index (Phi) is 5.12. The Morgan fingerprint density at radius 2 is 1.97 bits per heavy atom. The number of benzene rings is 2. The molecule has 0 saturated heterocycles. The van der Waals surface area contributed by atoms with Gasteiger partial charge in [-0.05, 0) is 54.7 Å². The largest absolute Gasteiger partial charge is 0.496 e. The van der Waals surface area contributed by atoms with Gasteiger partial charge >= 0.3 is 0 Å². The molecule has 0 aliphatic heterocycles. The third-order valence-corrected chi connectivity index (χ3v) is 5.07. The van der Waals surface area contributed by atoms with Gasteiger partial charge in [-0.3, -0.25) is 4.79 Å². The van der Waals surface area contributed by atoms with Gasteiger partial charge in [0.15, 0.2) is 5.82 Å². The van der Waals surface area contributed by atoms with E-state index in [1.165, 1.54) is 6.07 Å². The quantitative estimate of drug-likeness (QED) is 0.670. The molecule has 0 radical (unpaired) electrons. The number of hydrogen-bond acceptors (Lipinski definition) is 5. The van der Waals surface area contributed by atoms with Gasteiger partial charge in [-0.2, -0.15) is 0 Å². The number of carbonyl (C=O) groups excluding carboxylic acids is 1. The number of fused-ring (bicyclic) bond motifs is 1. The minimum atomic E-state index is -0.499. The number of halogens is 1. The van der Waals surface area contributed by atoms with Crippen LogP contribution in [0.4, 0.5) is 15.9 Å². The lowest BCUT2D eigenvalue weighted by Crippen LogP contribution is -2.13. The molecule has 1 amide bonds. The number of rotatable bonds is 6. The number of amides is 1. The molecule has 2 aromatic carbocycles. The van der Waals surface area contributed by atoms with Crippen LogP contribution < -0.4 is 15.8 Å². The molecule has 0 unspecified atom stereocenters. The second kappa shape index (κ2) is 7.87. The Bertz CT molecular complexity index is 1080. The van der Waals surface area contributed by atoms with E-state index in [0.29, 0.717) is 11.4 Å². The van der Waals surface area contributed by atoms with Crippen molar-refractivity contribution in [3.05, 3.63) is 65.0 Å². The smallest absolute Gasteiger partial charge is 0.221 e. The fraction of sp³-hybridized carbons (Fsp3) is 0.227. The molecule has 1 aliphatic carbocycles. The first-order valence-electron chi connectivity index (χ1n) is 9.42. The normalized spacial score (nSPS) is 12.5. The molecule has 0 saturated carbocycles. The van der Waals surface area contributed by atoms with Crippen LogP contribution in [0.25, 0.3) is 11.3 Å². The highest BCUT2D eigenvalue weighted by Gasteiger charge is 2.24. The highest BCUT2D eigenvalue weighted by Crippen LogP contribution is 2.38. The molecule has 148 valence electrons. The maximum atomic E-state index is 14.5. The van der Waals surface area contributed by atoms with Gasteiger partial charge in [0.2, 0.25) is 5.91 Å². The minimum absolute atomic E-state index is 0.00000917. The summed E-state index contributed by atoms with van der Waals surface area (Å²) in [6.45, 7) is 0. The Morgan fingerprint density at radius 3 is 2.72 bits per heavy atom. The molecule has 3 aromatic rings. The molecule has 3 N–H and O–H groups in total. The highest BCUT2D eigenvalue weighted by atomic mass is 19.1. The minimum Gasteiger partial charge on any atom is -0.496 e. The van der Waals surface area contributed by atoms with Crippen molar-refractivity contribution in [2.75, 3.05) is 12.4 Å². The summed E-state index contributed by atoms with van der Waals surface area (Å²) in [6, 6.07) is 12.3. The van der Waals surface area contributed by atoms with Gasteiger partial charge < -0.3 is 15.8 Å². The van der Waals surface area contributed by atoms with Crippen LogP contribution in [0.1, 0.15) is 23.1 Å². The van der Waals surface area contributed by atoms with E-state index in [4.69, 9.17) is 10.5 Å². The van der Waals surface area contributed by atoms with Crippen LogP contribution in [0, 0.1) is 5.82 Å². The molecular weight excluding hydrogens is 371 g/mol. The summed E-state index contributed by atoms with van der Waals surface area (Å²) in [5.41, 5.74) is 9.84. The number of para-hydroxylation sites is 1. The Balaban J connectivity index is 1.69. The molecule has 4 rings (SSSR count). The van der Waals surface area contributed by atoms with Crippen LogP contribution in [0.3, 0.4) is 0 Å². The zero-order valence-corrected chi connectivity index (χ0v) is 16.0. The lowest BCUT2D eigenvalue weighted by Gasteiger charge is -2.15. The van der Waals surface area contributed by atoms with Gasteiger partial charge in [0, 0.05) is 11.1 Å². The number of hydrogen-bond donors (Lipinski definition) is 2. The average Bonchev–Trinajstić information content (AvgIpc) is 3.20. The van der Waals surface area contributed by atoms with E-state index in [0.717, 1.165) is 47.4 Å². The summed E-state index contributed by atoms with van der Waals surface area (Å²) < 4.78 is 20.0. The van der Waals surface area contributed by atoms with Gasteiger partial charge in [-0.15, -0.1) is 10.2 Å². The lowest BCUT2D eigenvalue weighted by molar-refractivity contribution is -0.117. The van der Waals surface area contributed by atoms with Gasteiger partial charge in [-0.25, -0.2) is 4.39 Å². The number of methoxy groups -OCH3 is 1. The Labute approximate surface area is 167 Å². The van der Waals surface area contributed by atoms with Crippen LogP contribution in [0.2, 0.25) is 0 Å². The van der Waals surface area contributed by atoms with E-state index in [2.05, 4.69) is 15.5 Å². The van der Waals surface area contributed by atoms with E-state index in [1.54, 1.807) is 19.2 Å². The topological polar surface area (TPSA) is 90.1 Å². The number of nitrogens with zero attached hydrogens (tertiary/aromatic N) is 2. The number of aromatic nitrogens is 2. The first-order valence-corrected chi connectivity index (χ1v) is 9.42. The molecule has 1 aromatic heterocycles. The van der Waals surface area contributed by atoms with Crippen molar-refractivity contribution in [2.45, 2.75) is 25.7 Å². The molecule has 0 atom stereocenters. The fourth-order valence-corrected chi connectivity index (χ4v) is 3.74. The molecule has 29 heavy (non-hydrogen) atoms. The number of nitrogens with one attached hydrogen (secondary N) is 1. The highest BCUT2D eigenvalue weighted by molar-refractivity contribution is 5.77. The van der Waals surface area contributed by atoms with Crippen molar-refractivity contribution in [3.63, 3.8) is 0 Å². The number of anilines is 2. The van der Waals surface area contributed by atoms with Crippen molar-refractivity contribution in [1.29, 1.82) is 0 Å². The predicted octanol–water partition coefficient (Wildman–Crippen LogP) is 3.55. The summed E-state index contributed by atoms with van der Waals surface area (Å²) in [6.07, 6.45) is 2.71.